The summed E-state index contributed by atoms with van der Waals surface area (Å²) in [7, 11) is 0. The van der Waals surface area contributed by atoms with Crippen LogP contribution >= 0.6 is 11.6 Å². The molecule has 2 heterocycles. The maximum Gasteiger partial charge on any atom is 0.147 e. The lowest BCUT2D eigenvalue weighted by atomic mass is 10.0. The molecule has 1 N–H and O–H groups in total. The van der Waals surface area contributed by atoms with Crippen molar-refractivity contribution in [1.29, 1.82) is 0 Å². The average Bonchev–Trinajstić information content (AvgIpc) is 2.89. The highest BCUT2D eigenvalue weighted by Gasteiger charge is 2.37. The van der Waals surface area contributed by atoms with Crippen molar-refractivity contribution < 1.29 is 5.11 Å². The number of halogens is 1. The highest BCUT2D eigenvalue weighted by molar-refractivity contribution is 6.33. The summed E-state index contributed by atoms with van der Waals surface area (Å²) in [5.41, 5.74) is 0.776. The van der Waals surface area contributed by atoms with Gasteiger partial charge in [0.05, 0.1) is 11.6 Å². The standard InChI is InChI=1S/C13H17ClN2O/c14-12-4-9(8-17)5-15-13(12)16-6-10-2-1-3-11(10)7-16/h4-5,10-11,17H,1-3,6-8H2. The molecule has 1 saturated carbocycles. The molecular weight excluding hydrogens is 236 g/mol. The summed E-state index contributed by atoms with van der Waals surface area (Å²) in [5, 5.41) is 9.70. The number of hydrogen-bond acceptors (Lipinski definition) is 3. The fourth-order valence-corrected chi connectivity index (χ4v) is 3.51. The van der Waals surface area contributed by atoms with E-state index in [0.717, 1.165) is 36.3 Å². The maximum atomic E-state index is 9.04. The molecule has 1 saturated heterocycles. The summed E-state index contributed by atoms with van der Waals surface area (Å²) in [6.07, 6.45) is 5.81. The zero-order valence-corrected chi connectivity index (χ0v) is 10.5. The lowest BCUT2D eigenvalue weighted by Gasteiger charge is -2.19. The van der Waals surface area contributed by atoms with Crippen molar-refractivity contribution in [2.45, 2.75) is 25.9 Å². The van der Waals surface area contributed by atoms with E-state index < -0.39 is 0 Å². The molecule has 1 aromatic heterocycles. The summed E-state index contributed by atoms with van der Waals surface area (Å²) < 4.78 is 0. The van der Waals surface area contributed by atoms with E-state index in [1.807, 2.05) is 6.07 Å². The minimum atomic E-state index is -0.00174. The summed E-state index contributed by atoms with van der Waals surface area (Å²) in [4.78, 5) is 6.70. The second-order valence-corrected chi connectivity index (χ2v) is 5.57. The van der Waals surface area contributed by atoms with Gasteiger partial charge in [-0.05, 0) is 36.3 Å². The molecule has 0 aromatic carbocycles. The Kier molecular flexibility index (Phi) is 2.97. The van der Waals surface area contributed by atoms with Gasteiger partial charge in [0.25, 0.3) is 0 Å². The molecule has 1 aliphatic heterocycles. The highest BCUT2D eigenvalue weighted by Crippen LogP contribution is 2.40. The monoisotopic (exact) mass is 252 g/mol. The van der Waals surface area contributed by atoms with Crippen LogP contribution in [0, 0.1) is 11.8 Å². The van der Waals surface area contributed by atoms with Gasteiger partial charge < -0.3 is 10.0 Å². The van der Waals surface area contributed by atoms with Crippen molar-refractivity contribution in [3.05, 3.63) is 22.8 Å². The number of anilines is 1. The van der Waals surface area contributed by atoms with E-state index in [1.165, 1.54) is 19.3 Å². The largest absolute Gasteiger partial charge is 0.392 e. The lowest BCUT2D eigenvalue weighted by Crippen LogP contribution is -2.22. The van der Waals surface area contributed by atoms with Gasteiger partial charge in [0.2, 0.25) is 0 Å². The molecule has 92 valence electrons. The summed E-state index contributed by atoms with van der Waals surface area (Å²) in [5.74, 6) is 2.56. The van der Waals surface area contributed by atoms with Crippen LogP contribution in [-0.2, 0) is 6.61 Å². The topological polar surface area (TPSA) is 36.4 Å². The minimum absolute atomic E-state index is 0.00174. The second-order valence-electron chi connectivity index (χ2n) is 5.16. The number of aliphatic hydroxyl groups is 1. The molecule has 4 heteroatoms. The first-order valence-electron chi connectivity index (χ1n) is 6.28. The molecule has 0 bridgehead atoms. The predicted molar refractivity (Wildman–Crippen MR) is 68.2 cm³/mol. The number of fused-ring (bicyclic) bond motifs is 1. The summed E-state index contributed by atoms with van der Waals surface area (Å²) >= 11 is 6.23. The van der Waals surface area contributed by atoms with Gasteiger partial charge in [-0.3, -0.25) is 0 Å². The van der Waals surface area contributed by atoms with E-state index in [-0.39, 0.29) is 6.61 Å². The Morgan fingerprint density at radius 3 is 2.65 bits per heavy atom. The molecule has 2 aliphatic rings. The van der Waals surface area contributed by atoms with Crippen molar-refractivity contribution in [3.63, 3.8) is 0 Å². The number of aromatic nitrogens is 1. The van der Waals surface area contributed by atoms with Crippen LogP contribution in [0.4, 0.5) is 5.82 Å². The first kappa shape index (κ1) is 11.3. The smallest absolute Gasteiger partial charge is 0.147 e. The van der Waals surface area contributed by atoms with Gasteiger partial charge in [0, 0.05) is 19.3 Å². The fourth-order valence-electron chi connectivity index (χ4n) is 3.20. The molecule has 2 atom stereocenters. The molecule has 17 heavy (non-hydrogen) atoms. The Morgan fingerprint density at radius 2 is 2.06 bits per heavy atom. The van der Waals surface area contributed by atoms with Crippen molar-refractivity contribution in [2.75, 3.05) is 18.0 Å². The zero-order chi connectivity index (χ0) is 11.8. The van der Waals surface area contributed by atoms with Crippen LogP contribution in [0.3, 0.4) is 0 Å². The summed E-state index contributed by atoms with van der Waals surface area (Å²) in [6, 6.07) is 1.82. The number of pyridine rings is 1. The van der Waals surface area contributed by atoms with Gasteiger partial charge in [-0.2, -0.15) is 0 Å². The van der Waals surface area contributed by atoms with E-state index >= 15 is 0 Å². The van der Waals surface area contributed by atoms with Gasteiger partial charge in [-0.1, -0.05) is 18.0 Å². The van der Waals surface area contributed by atoms with Crippen molar-refractivity contribution in [2.24, 2.45) is 11.8 Å². The molecule has 0 spiro atoms. The SMILES string of the molecule is OCc1cnc(N2CC3CCCC3C2)c(Cl)c1. The Hall–Kier alpha value is -0.800. The normalized spacial score (nSPS) is 27.5. The van der Waals surface area contributed by atoms with Crippen LogP contribution in [-0.4, -0.2) is 23.2 Å². The average molecular weight is 253 g/mol. The maximum absolute atomic E-state index is 9.04. The van der Waals surface area contributed by atoms with E-state index in [4.69, 9.17) is 16.7 Å². The number of aliphatic hydroxyl groups excluding tert-OH is 1. The molecule has 3 nitrogen and oxygen atoms in total. The number of rotatable bonds is 2. The fraction of sp³-hybridized carbons (Fsp3) is 0.615. The molecule has 0 radical (unpaired) electrons. The van der Waals surface area contributed by atoms with Crippen molar-refractivity contribution in [3.8, 4) is 0 Å². The van der Waals surface area contributed by atoms with E-state index in [2.05, 4.69) is 9.88 Å². The van der Waals surface area contributed by atoms with E-state index in [0.29, 0.717) is 5.02 Å². The Labute approximate surface area is 106 Å². The lowest BCUT2D eigenvalue weighted by molar-refractivity contribution is 0.281. The molecule has 1 aliphatic carbocycles. The van der Waals surface area contributed by atoms with Crippen LogP contribution in [0.1, 0.15) is 24.8 Å². The second kappa shape index (κ2) is 4.46. The molecule has 1 aromatic rings. The zero-order valence-electron chi connectivity index (χ0n) is 9.77. The first-order chi connectivity index (χ1) is 8.28. The third-order valence-corrected chi connectivity index (χ3v) is 4.36. The number of hydrogen-bond donors (Lipinski definition) is 1. The van der Waals surface area contributed by atoms with E-state index in [9.17, 15) is 0 Å². The third-order valence-electron chi connectivity index (χ3n) is 4.09. The Balaban J connectivity index is 1.81. The van der Waals surface area contributed by atoms with Gasteiger partial charge in [-0.25, -0.2) is 4.98 Å². The Morgan fingerprint density at radius 1 is 1.35 bits per heavy atom. The highest BCUT2D eigenvalue weighted by atomic mass is 35.5. The minimum Gasteiger partial charge on any atom is -0.392 e. The third kappa shape index (κ3) is 2.02. The summed E-state index contributed by atoms with van der Waals surface area (Å²) in [6.45, 7) is 2.18. The van der Waals surface area contributed by atoms with Crippen LogP contribution in [0.25, 0.3) is 0 Å². The first-order valence-corrected chi connectivity index (χ1v) is 6.66. The van der Waals surface area contributed by atoms with Crippen LogP contribution in [0.15, 0.2) is 12.3 Å². The van der Waals surface area contributed by atoms with Gasteiger partial charge in [0.1, 0.15) is 5.82 Å². The van der Waals surface area contributed by atoms with Crippen molar-refractivity contribution in [1.82, 2.24) is 4.98 Å². The van der Waals surface area contributed by atoms with Gasteiger partial charge in [-0.15, -0.1) is 0 Å². The van der Waals surface area contributed by atoms with E-state index in [1.54, 1.807) is 6.20 Å². The molecular formula is C13H17ClN2O. The Bertz CT molecular complexity index is 412. The molecule has 0 amide bonds. The number of nitrogens with zero attached hydrogens (tertiary/aromatic N) is 2. The van der Waals surface area contributed by atoms with Crippen LogP contribution < -0.4 is 4.90 Å². The van der Waals surface area contributed by atoms with Gasteiger partial charge in [0.15, 0.2) is 0 Å². The van der Waals surface area contributed by atoms with Gasteiger partial charge >= 0.3 is 0 Å². The van der Waals surface area contributed by atoms with Crippen LogP contribution in [0.5, 0.6) is 0 Å². The molecule has 2 fully saturated rings. The quantitative estimate of drug-likeness (QED) is 0.879. The van der Waals surface area contributed by atoms with Crippen molar-refractivity contribution >= 4 is 17.4 Å². The molecule has 3 rings (SSSR count). The van der Waals surface area contributed by atoms with Crippen LogP contribution in [0.2, 0.25) is 5.02 Å². The molecule has 2 unspecified atom stereocenters. The predicted octanol–water partition coefficient (Wildman–Crippen LogP) is 2.46.